The van der Waals surface area contributed by atoms with Gasteiger partial charge in [-0.05, 0) is 66.7 Å². The second kappa shape index (κ2) is 14.0. The zero-order valence-electron chi connectivity index (χ0n) is 24.2. The topological polar surface area (TPSA) is 108 Å². The van der Waals surface area contributed by atoms with Crippen molar-refractivity contribution < 1.29 is 28.7 Å². The first-order valence-corrected chi connectivity index (χ1v) is 15.5. The molecule has 2 aliphatic heterocycles. The number of nitrogens with one attached hydrogen (secondary N) is 1. The maximum Gasteiger partial charge on any atom is 0.294 e. The number of para-hydroxylation sites is 1. The monoisotopic (exact) mass is 678 g/mol. The number of hydrogen-bond donors (Lipinski definition) is 1. The van der Waals surface area contributed by atoms with E-state index >= 15 is 0 Å². The van der Waals surface area contributed by atoms with Gasteiger partial charge in [-0.1, -0.05) is 51.8 Å². The van der Waals surface area contributed by atoms with Gasteiger partial charge >= 0.3 is 0 Å². The molecule has 2 heterocycles. The van der Waals surface area contributed by atoms with Crippen molar-refractivity contribution >= 4 is 68.1 Å². The molecule has 2 aliphatic rings. The SMILES string of the molecule is COc1cc(/C=C2/SC(=O)N(CC(=O)N3CCN(c4ccccc4)CC3)C2=O)c(Br)cc1OCC(=O)Nc1ccc(C)cc1. The number of hydrogen-bond acceptors (Lipinski definition) is 8. The van der Waals surface area contributed by atoms with Crippen molar-refractivity contribution in [3.8, 4) is 11.5 Å². The highest BCUT2D eigenvalue weighted by Crippen LogP contribution is 2.38. The molecule has 0 aliphatic carbocycles. The van der Waals surface area contributed by atoms with Crippen LogP contribution in [0.1, 0.15) is 11.1 Å². The standard InChI is InChI=1S/C32H31BrN4O6S/c1-21-8-10-23(11-9-21)34-29(38)20-43-27-18-25(33)22(16-26(27)42-2)17-28-31(40)37(32(41)44-28)19-30(39)36-14-12-35(13-15-36)24-6-4-3-5-7-24/h3-11,16-18H,12-15,19-20H2,1-2H3,(H,34,38)/b28-17+. The van der Waals surface area contributed by atoms with Gasteiger partial charge in [-0.2, -0.15) is 0 Å². The Bertz CT molecular complexity index is 1590. The van der Waals surface area contributed by atoms with Crippen molar-refractivity contribution in [2.45, 2.75) is 6.92 Å². The number of methoxy groups -OCH3 is 1. The summed E-state index contributed by atoms with van der Waals surface area (Å²) in [6.07, 6.45) is 1.56. The van der Waals surface area contributed by atoms with Crippen LogP contribution in [0.4, 0.5) is 16.2 Å². The zero-order valence-corrected chi connectivity index (χ0v) is 26.7. The maximum atomic E-state index is 13.2. The van der Waals surface area contributed by atoms with Crippen LogP contribution < -0.4 is 19.7 Å². The van der Waals surface area contributed by atoms with Crippen molar-refractivity contribution in [3.05, 3.63) is 87.2 Å². The lowest BCUT2D eigenvalue weighted by atomic mass is 10.2. The van der Waals surface area contributed by atoms with Crippen LogP contribution in [0, 0.1) is 6.92 Å². The van der Waals surface area contributed by atoms with Crippen molar-refractivity contribution in [1.82, 2.24) is 9.80 Å². The molecule has 228 valence electrons. The molecular weight excluding hydrogens is 648 g/mol. The number of piperazine rings is 1. The molecule has 12 heteroatoms. The number of rotatable bonds is 9. The molecule has 3 aromatic rings. The molecule has 0 unspecified atom stereocenters. The lowest BCUT2D eigenvalue weighted by Crippen LogP contribution is -2.51. The molecule has 10 nitrogen and oxygen atoms in total. The summed E-state index contributed by atoms with van der Waals surface area (Å²) in [5.41, 5.74) is 3.41. The fraction of sp³-hybridized carbons (Fsp3) is 0.250. The Morgan fingerprint density at radius 1 is 0.977 bits per heavy atom. The van der Waals surface area contributed by atoms with E-state index in [1.165, 1.54) is 7.11 Å². The average Bonchev–Trinajstić information content (AvgIpc) is 3.29. The molecule has 0 bridgehead atoms. The van der Waals surface area contributed by atoms with Gasteiger partial charge in [-0.15, -0.1) is 0 Å². The first-order chi connectivity index (χ1) is 21.2. The number of carbonyl (C=O) groups excluding carboxylic acids is 4. The van der Waals surface area contributed by atoms with E-state index in [0.717, 1.165) is 27.9 Å². The van der Waals surface area contributed by atoms with Gasteiger partial charge in [0.15, 0.2) is 18.1 Å². The van der Waals surface area contributed by atoms with E-state index in [1.807, 2.05) is 61.5 Å². The van der Waals surface area contributed by atoms with E-state index in [2.05, 4.69) is 26.1 Å². The van der Waals surface area contributed by atoms with Gasteiger partial charge in [0.25, 0.3) is 17.1 Å². The summed E-state index contributed by atoms with van der Waals surface area (Å²) in [7, 11) is 1.46. The van der Waals surface area contributed by atoms with Crippen molar-refractivity contribution in [3.63, 3.8) is 0 Å². The van der Waals surface area contributed by atoms with Crippen molar-refractivity contribution in [2.75, 3.05) is 56.7 Å². The van der Waals surface area contributed by atoms with E-state index < -0.39 is 11.1 Å². The number of nitrogens with zero attached hydrogens (tertiary/aromatic N) is 3. The molecule has 0 spiro atoms. The van der Waals surface area contributed by atoms with Crippen LogP contribution in [-0.2, 0) is 14.4 Å². The Hall–Kier alpha value is -4.29. The second-order valence-electron chi connectivity index (χ2n) is 10.2. The Balaban J connectivity index is 1.19. The summed E-state index contributed by atoms with van der Waals surface area (Å²) in [4.78, 5) is 56.4. The molecular formula is C32H31BrN4O6S. The lowest BCUT2D eigenvalue weighted by molar-refractivity contribution is -0.136. The maximum absolute atomic E-state index is 13.2. The number of ether oxygens (including phenoxy) is 2. The number of carbonyl (C=O) groups is 4. The van der Waals surface area contributed by atoms with E-state index in [4.69, 9.17) is 9.47 Å². The minimum Gasteiger partial charge on any atom is -0.493 e. The average molecular weight is 680 g/mol. The fourth-order valence-corrected chi connectivity index (χ4v) is 6.04. The van der Waals surface area contributed by atoms with E-state index in [0.29, 0.717) is 53.4 Å². The van der Waals surface area contributed by atoms with Gasteiger partial charge < -0.3 is 24.6 Å². The third kappa shape index (κ3) is 7.43. The molecule has 3 aromatic carbocycles. The number of halogens is 1. The van der Waals surface area contributed by atoms with Gasteiger partial charge in [0.1, 0.15) is 6.54 Å². The molecule has 1 N–H and O–H groups in total. The number of thioether (sulfide) groups is 1. The lowest BCUT2D eigenvalue weighted by Gasteiger charge is -2.36. The van der Waals surface area contributed by atoms with Crippen LogP contribution in [0.3, 0.4) is 0 Å². The molecule has 5 rings (SSSR count). The van der Waals surface area contributed by atoms with E-state index in [9.17, 15) is 19.2 Å². The van der Waals surface area contributed by atoms with Crippen molar-refractivity contribution in [1.29, 1.82) is 0 Å². The first-order valence-electron chi connectivity index (χ1n) is 13.9. The second-order valence-corrected chi connectivity index (χ2v) is 12.0. The van der Waals surface area contributed by atoms with Gasteiger partial charge in [-0.3, -0.25) is 24.1 Å². The van der Waals surface area contributed by atoms with Crippen LogP contribution in [0.15, 0.2) is 76.1 Å². The number of aryl methyl sites for hydroxylation is 1. The molecule has 0 aromatic heterocycles. The summed E-state index contributed by atoms with van der Waals surface area (Å²) < 4.78 is 11.7. The van der Waals surface area contributed by atoms with Crippen molar-refractivity contribution in [2.24, 2.45) is 0 Å². The van der Waals surface area contributed by atoms with Gasteiger partial charge in [0.2, 0.25) is 5.91 Å². The molecule has 4 amide bonds. The number of imide groups is 1. The minimum absolute atomic E-state index is 0.186. The summed E-state index contributed by atoms with van der Waals surface area (Å²) in [6, 6.07) is 20.7. The van der Waals surface area contributed by atoms with Gasteiger partial charge in [-0.25, -0.2) is 0 Å². The Morgan fingerprint density at radius 2 is 1.68 bits per heavy atom. The Morgan fingerprint density at radius 3 is 2.36 bits per heavy atom. The quantitative estimate of drug-likeness (QED) is 0.309. The fourth-order valence-electron chi connectivity index (χ4n) is 4.78. The summed E-state index contributed by atoms with van der Waals surface area (Å²) in [5, 5.41) is 2.28. The number of benzene rings is 3. The van der Waals surface area contributed by atoms with Gasteiger partial charge in [0, 0.05) is 42.0 Å². The molecule has 44 heavy (non-hydrogen) atoms. The van der Waals surface area contributed by atoms with Crippen LogP contribution in [0.2, 0.25) is 0 Å². The highest BCUT2D eigenvalue weighted by molar-refractivity contribution is 9.10. The molecule has 0 atom stereocenters. The number of amides is 4. The summed E-state index contributed by atoms with van der Waals surface area (Å²) in [5.74, 6) is -0.474. The Labute approximate surface area is 268 Å². The summed E-state index contributed by atoms with van der Waals surface area (Å²) >= 11 is 4.26. The number of anilines is 2. The Kier molecular flexibility index (Phi) is 9.91. The van der Waals surface area contributed by atoms with Crippen LogP contribution in [0.5, 0.6) is 11.5 Å². The largest absolute Gasteiger partial charge is 0.493 e. The third-order valence-electron chi connectivity index (χ3n) is 7.18. The minimum atomic E-state index is -0.532. The van der Waals surface area contributed by atoms with Gasteiger partial charge in [0.05, 0.1) is 12.0 Å². The normalized spacial score (nSPS) is 16.0. The highest BCUT2D eigenvalue weighted by Gasteiger charge is 2.37. The van der Waals surface area contributed by atoms with Crippen LogP contribution >= 0.6 is 27.7 Å². The third-order valence-corrected chi connectivity index (χ3v) is 8.78. The van der Waals surface area contributed by atoms with E-state index in [-0.39, 0.29) is 29.9 Å². The molecule has 0 radical (unpaired) electrons. The zero-order chi connectivity index (χ0) is 31.2. The highest BCUT2D eigenvalue weighted by atomic mass is 79.9. The first kappa shape index (κ1) is 31.1. The molecule has 0 saturated carbocycles. The smallest absolute Gasteiger partial charge is 0.294 e. The predicted molar refractivity (Wildman–Crippen MR) is 174 cm³/mol. The summed E-state index contributed by atoms with van der Waals surface area (Å²) in [6.45, 7) is 3.77. The van der Waals surface area contributed by atoms with Crippen LogP contribution in [-0.4, -0.2) is 79.2 Å². The van der Waals surface area contributed by atoms with E-state index in [1.54, 1.807) is 23.1 Å². The predicted octanol–water partition coefficient (Wildman–Crippen LogP) is 5.17. The molecule has 2 fully saturated rings. The molecule has 2 saturated heterocycles. The van der Waals surface area contributed by atoms with Crippen LogP contribution in [0.25, 0.3) is 6.08 Å².